The van der Waals surface area contributed by atoms with Crippen LogP contribution in [-0.2, 0) is 6.42 Å². The summed E-state index contributed by atoms with van der Waals surface area (Å²) in [5, 5.41) is 4.14. The van der Waals surface area contributed by atoms with E-state index >= 15 is 0 Å². The van der Waals surface area contributed by atoms with Crippen LogP contribution in [0.25, 0.3) is 0 Å². The van der Waals surface area contributed by atoms with E-state index in [0.29, 0.717) is 12.3 Å². The van der Waals surface area contributed by atoms with Gasteiger partial charge in [-0.2, -0.15) is 16.7 Å². The molecule has 1 aromatic rings. The molecule has 1 aliphatic rings. The predicted octanol–water partition coefficient (Wildman–Crippen LogP) is 2.10. The van der Waals surface area contributed by atoms with E-state index in [1.165, 1.54) is 5.75 Å². The lowest BCUT2D eigenvalue weighted by atomic mass is 9.87. The van der Waals surface area contributed by atoms with Crippen molar-refractivity contribution in [3.63, 3.8) is 0 Å². The Morgan fingerprint density at radius 2 is 2.25 bits per heavy atom. The van der Waals surface area contributed by atoms with Crippen molar-refractivity contribution < 1.29 is 4.52 Å². The van der Waals surface area contributed by atoms with E-state index in [0.717, 1.165) is 24.5 Å². The molecule has 2 atom stereocenters. The van der Waals surface area contributed by atoms with Gasteiger partial charge in [0, 0.05) is 30.5 Å². The molecular formula is C14H26N4OS. The molecule has 0 bridgehead atoms. The first-order chi connectivity index (χ1) is 9.35. The molecule has 0 saturated carbocycles. The maximum absolute atomic E-state index is 6.16. The van der Waals surface area contributed by atoms with Gasteiger partial charge < -0.3 is 10.3 Å². The molecule has 2 heterocycles. The van der Waals surface area contributed by atoms with Gasteiger partial charge in [-0.1, -0.05) is 25.9 Å². The van der Waals surface area contributed by atoms with Crippen LogP contribution in [0.2, 0.25) is 0 Å². The van der Waals surface area contributed by atoms with E-state index in [2.05, 4.69) is 42.9 Å². The maximum atomic E-state index is 6.16. The van der Waals surface area contributed by atoms with Crippen LogP contribution < -0.4 is 5.73 Å². The Morgan fingerprint density at radius 3 is 2.90 bits per heavy atom. The van der Waals surface area contributed by atoms with Gasteiger partial charge in [0.2, 0.25) is 5.89 Å². The zero-order valence-corrected chi connectivity index (χ0v) is 13.7. The third-order valence-corrected chi connectivity index (χ3v) is 4.51. The number of nitrogens with two attached hydrogens (primary N) is 1. The lowest BCUT2D eigenvalue weighted by Crippen LogP contribution is -2.33. The Kier molecular flexibility index (Phi) is 5.09. The van der Waals surface area contributed by atoms with Crippen molar-refractivity contribution in [3.05, 3.63) is 11.7 Å². The molecular weight excluding hydrogens is 272 g/mol. The highest BCUT2D eigenvalue weighted by Crippen LogP contribution is 2.26. The number of nitrogens with zero attached hydrogens (tertiary/aromatic N) is 3. The Morgan fingerprint density at radius 1 is 1.50 bits per heavy atom. The summed E-state index contributed by atoms with van der Waals surface area (Å²) >= 11 is 1.94. The van der Waals surface area contributed by atoms with Crippen molar-refractivity contribution >= 4 is 11.8 Å². The molecule has 20 heavy (non-hydrogen) atoms. The van der Waals surface area contributed by atoms with Crippen LogP contribution in [0.4, 0.5) is 0 Å². The first-order valence-corrected chi connectivity index (χ1v) is 8.37. The van der Waals surface area contributed by atoms with E-state index < -0.39 is 0 Å². The molecule has 2 rings (SSSR count). The minimum atomic E-state index is 0.0711. The van der Waals surface area contributed by atoms with Gasteiger partial charge in [0.1, 0.15) is 0 Å². The van der Waals surface area contributed by atoms with Crippen molar-refractivity contribution in [2.24, 2.45) is 11.1 Å². The minimum Gasteiger partial charge on any atom is -0.339 e. The fourth-order valence-electron chi connectivity index (χ4n) is 2.53. The fraction of sp³-hybridized carbons (Fsp3) is 0.857. The highest BCUT2D eigenvalue weighted by molar-refractivity contribution is 7.99. The van der Waals surface area contributed by atoms with E-state index in [9.17, 15) is 0 Å². The molecule has 114 valence electrons. The molecule has 2 N–H and O–H groups in total. The number of hydrogen-bond acceptors (Lipinski definition) is 6. The standard InChI is InChI=1S/C14H26N4OS/c1-14(2,3)8-10(15)7-12-16-13(17-19-12)11-9-20-6-5-18(11)4/h10-11H,5-9,15H2,1-4H3. The third-order valence-electron chi connectivity index (χ3n) is 3.49. The van der Waals surface area contributed by atoms with E-state index in [-0.39, 0.29) is 17.5 Å². The Balaban J connectivity index is 1.95. The molecule has 0 spiro atoms. The lowest BCUT2D eigenvalue weighted by molar-refractivity contribution is 0.256. The number of rotatable bonds is 4. The fourth-order valence-corrected chi connectivity index (χ4v) is 3.74. The van der Waals surface area contributed by atoms with E-state index in [1.807, 2.05) is 11.8 Å². The molecule has 0 radical (unpaired) electrons. The molecule has 1 aliphatic heterocycles. The average molecular weight is 298 g/mol. The van der Waals surface area contributed by atoms with Gasteiger partial charge in [-0.15, -0.1) is 0 Å². The second-order valence-electron chi connectivity index (χ2n) is 6.85. The molecule has 0 aliphatic carbocycles. The molecule has 1 aromatic heterocycles. The summed E-state index contributed by atoms with van der Waals surface area (Å²) in [5.74, 6) is 3.68. The molecule has 2 unspecified atom stereocenters. The normalized spacial score (nSPS) is 22.9. The lowest BCUT2D eigenvalue weighted by Gasteiger charge is -2.29. The van der Waals surface area contributed by atoms with E-state index in [1.54, 1.807) is 0 Å². The van der Waals surface area contributed by atoms with Crippen LogP contribution in [0.3, 0.4) is 0 Å². The molecule has 1 fully saturated rings. The van der Waals surface area contributed by atoms with Gasteiger partial charge in [0.05, 0.1) is 6.04 Å². The van der Waals surface area contributed by atoms with Gasteiger partial charge in [-0.3, -0.25) is 4.90 Å². The average Bonchev–Trinajstić information content (AvgIpc) is 2.75. The summed E-state index contributed by atoms with van der Waals surface area (Å²) in [6.07, 6.45) is 1.61. The smallest absolute Gasteiger partial charge is 0.228 e. The topological polar surface area (TPSA) is 68.2 Å². The van der Waals surface area contributed by atoms with Crippen LogP contribution in [0.15, 0.2) is 4.52 Å². The van der Waals surface area contributed by atoms with Gasteiger partial charge in [0.15, 0.2) is 5.82 Å². The SMILES string of the molecule is CN1CCSCC1c1noc(CC(N)CC(C)(C)C)n1. The zero-order chi connectivity index (χ0) is 14.8. The van der Waals surface area contributed by atoms with Crippen molar-refractivity contribution in [1.29, 1.82) is 0 Å². The van der Waals surface area contributed by atoms with Crippen molar-refractivity contribution in [2.75, 3.05) is 25.1 Å². The summed E-state index contributed by atoms with van der Waals surface area (Å²) in [4.78, 5) is 6.83. The largest absolute Gasteiger partial charge is 0.339 e. The van der Waals surface area contributed by atoms with Crippen LogP contribution in [0.5, 0.6) is 0 Å². The number of thioether (sulfide) groups is 1. The highest BCUT2D eigenvalue weighted by Gasteiger charge is 2.26. The molecule has 0 amide bonds. The molecule has 6 heteroatoms. The second kappa shape index (κ2) is 6.45. The van der Waals surface area contributed by atoms with Crippen molar-refractivity contribution in [3.8, 4) is 0 Å². The summed E-state index contributed by atoms with van der Waals surface area (Å²) in [7, 11) is 2.12. The maximum Gasteiger partial charge on any atom is 0.228 e. The Hall–Kier alpha value is -0.590. The molecule has 1 saturated heterocycles. The van der Waals surface area contributed by atoms with Gasteiger partial charge in [0.25, 0.3) is 0 Å². The molecule has 0 aromatic carbocycles. The second-order valence-corrected chi connectivity index (χ2v) is 8.00. The van der Waals surface area contributed by atoms with Crippen molar-refractivity contribution in [2.45, 2.75) is 45.7 Å². The summed E-state index contributed by atoms with van der Waals surface area (Å²) in [6.45, 7) is 7.66. The van der Waals surface area contributed by atoms with Crippen LogP contribution in [0, 0.1) is 5.41 Å². The monoisotopic (exact) mass is 298 g/mol. The third kappa shape index (κ3) is 4.46. The number of hydrogen-bond donors (Lipinski definition) is 1. The van der Waals surface area contributed by atoms with Crippen molar-refractivity contribution in [1.82, 2.24) is 15.0 Å². The Labute approximate surface area is 125 Å². The predicted molar refractivity (Wildman–Crippen MR) is 82.7 cm³/mol. The van der Waals surface area contributed by atoms with Gasteiger partial charge in [-0.25, -0.2) is 0 Å². The quantitative estimate of drug-likeness (QED) is 0.918. The Bertz CT molecular complexity index is 429. The minimum absolute atomic E-state index is 0.0711. The number of aromatic nitrogens is 2. The zero-order valence-electron chi connectivity index (χ0n) is 12.9. The highest BCUT2D eigenvalue weighted by atomic mass is 32.2. The summed E-state index contributed by atoms with van der Waals surface area (Å²) in [6, 6.07) is 0.340. The van der Waals surface area contributed by atoms with E-state index in [4.69, 9.17) is 10.3 Å². The van der Waals surface area contributed by atoms with Crippen LogP contribution in [-0.4, -0.2) is 46.2 Å². The van der Waals surface area contributed by atoms with Crippen LogP contribution in [0.1, 0.15) is 44.9 Å². The first kappa shape index (κ1) is 15.8. The van der Waals surface area contributed by atoms with Gasteiger partial charge >= 0.3 is 0 Å². The summed E-state index contributed by atoms with van der Waals surface area (Å²) < 4.78 is 5.37. The molecule has 5 nitrogen and oxygen atoms in total. The first-order valence-electron chi connectivity index (χ1n) is 7.21. The summed E-state index contributed by atoms with van der Waals surface area (Å²) in [5.41, 5.74) is 6.39. The van der Waals surface area contributed by atoms with Gasteiger partial charge in [-0.05, 0) is 18.9 Å². The van der Waals surface area contributed by atoms with Crippen LogP contribution >= 0.6 is 11.8 Å².